The Morgan fingerprint density at radius 1 is 1.19 bits per heavy atom. The first-order valence-electron chi connectivity index (χ1n) is 6.39. The van der Waals surface area contributed by atoms with Crippen molar-refractivity contribution in [2.24, 2.45) is 5.10 Å². The highest BCUT2D eigenvalue weighted by molar-refractivity contribution is 6.02. The topological polar surface area (TPSA) is 70.9 Å². The van der Waals surface area contributed by atoms with Crippen LogP contribution in [0.15, 0.2) is 53.6 Å². The number of benzene rings is 2. The Labute approximate surface area is 122 Å². The number of carbonyl (C=O) groups excluding carboxylic acids is 1. The van der Waals surface area contributed by atoms with Gasteiger partial charge in [0, 0.05) is 11.1 Å². The van der Waals surface area contributed by atoms with Gasteiger partial charge >= 0.3 is 0 Å². The van der Waals surface area contributed by atoms with Crippen molar-refractivity contribution < 1.29 is 14.6 Å². The minimum Gasteiger partial charge on any atom is -0.507 e. The number of nitrogens with one attached hydrogen (secondary N) is 1. The highest BCUT2D eigenvalue weighted by Gasteiger charge is 2.08. The number of hydrazone groups is 1. The number of ether oxygens (including phenoxy) is 1. The van der Waals surface area contributed by atoms with Gasteiger partial charge in [0.1, 0.15) is 11.5 Å². The zero-order valence-corrected chi connectivity index (χ0v) is 11.8. The molecule has 0 heterocycles. The second-order valence-electron chi connectivity index (χ2n) is 4.39. The Morgan fingerprint density at radius 3 is 2.57 bits per heavy atom. The van der Waals surface area contributed by atoms with Crippen molar-refractivity contribution in [1.82, 2.24) is 5.43 Å². The fourth-order valence-electron chi connectivity index (χ4n) is 1.78. The molecule has 0 radical (unpaired) electrons. The molecule has 1 amide bonds. The van der Waals surface area contributed by atoms with Gasteiger partial charge in [-0.05, 0) is 37.3 Å². The molecule has 0 bridgehead atoms. The van der Waals surface area contributed by atoms with E-state index in [1.54, 1.807) is 50.4 Å². The first-order valence-corrected chi connectivity index (χ1v) is 6.39. The lowest BCUT2D eigenvalue weighted by atomic mass is 10.1. The molecule has 0 saturated heterocycles. The second-order valence-corrected chi connectivity index (χ2v) is 4.39. The monoisotopic (exact) mass is 284 g/mol. The molecule has 2 aromatic carbocycles. The summed E-state index contributed by atoms with van der Waals surface area (Å²) < 4.78 is 5.10. The van der Waals surface area contributed by atoms with Crippen LogP contribution in [0.3, 0.4) is 0 Å². The van der Waals surface area contributed by atoms with Crippen LogP contribution in [0, 0.1) is 0 Å². The normalized spacial score (nSPS) is 11.0. The van der Waals surface area contributed by atoms with Gasteiger partial charge in [0.05, 0.1) is 12.8 Å². The molecule has 0 aliphatic rings. The van der Waals surface area contributed by atoms with Gasteiger partial charge in [-0.25, -0.2) is 5.43 Å². The van der Waals surface area contributed by atoms with Gasteiger partial charge in [0.2, 0.25) is 0 Å². The van der Waals surface area contributed by atoms with Gasteiger partial charge in [-0.15, -0.1) is 0 Å². The predicted octanol–water partition coefficient (Wildman–Crippen LogP) is 2.55. The average Bonchev–Trinajstić information content (AvgIpc) is 2.53. The summed E-state index contributed by atoms with van der Waals surface area (Å²) in [6.07, 6.45) is 0. The summed E-state index contributed by atoms with van der Waals surface area (Å²) in [7, 11) is 1.54. The van der Waals surface area contributed by atoms with Crippen molar-refractivity contribution in [3.8, 4) is 11.5 Å². The third kappa shape index (κ3) is 3.60. The lowest BCUT2D eigenvalue weighted by molar-refractivity contribution is 0.0955. The minimum atomic E-state index is -0.308. The molecule has 2 aromatic rings. The molecule has 0 fully saturated rings. The molecule has 0 saturated carbocycles. The van der Waals surface area contributed by atoms with Crippen molar-refractivity contribution in [3.63, 3.8) is 0 Å². The lowest BCUT2D eigenvalue weighted by Gasteiger charge is -2.07. The van der Waals surface area contributed by atoms with Crippen molar-refractivity contribution in [2.75, 3.05) is 7.11 Å². The van der Waals surface area contributed by atoms with E-state index in [1.165, 1.54) is 6.07 Å². The number of nitrogens with zero attached hydrogens (tertiary/aromatic N) is 1. The molecule has 5 heteroatoms. The van der Waals surface area contributed by atoms with E-state index in [-0.39, 0.29) is 11.7 Å². The Bertz CT molecular complexity index is 666. The van der Waals surface area contributed by atoms with Crippen LogP contribution >= 0.6 is 0 Å². The molecule has 0 aliphatic heterocycles. The highest BCUT2D eigenvalue weighted by Crippen LogP contribution is 2.23. The number of hydrogen-bond acceptors (Lipinski definition) is 4. The summed E-state index contributed by atoms with van der Waals surface area (Å²) >= 11 is 0. The van der Waals surface area contributed by atoms with Crippen LogP contribution in [0.2, 0.25) is 0 Å². The summed E-state index contributed by atoms with van der Waals surface area (Å²) in [5.41, 5.74) is 3.96. The molecule has 0 unspecified atom stereocenters. The molecule has 0 aromatic heterocycles. The maximum absolute atomic E-state index is 11.9. The van der Waals surface area contributed by atoms with E-state index in [9.17, 15) is 9.90 Å². The minimum absolute atomic E-state index is 0.0750. The number of hydrogen-bond donors (Lipinski definition) is 2. The summed E-state index contributed by atoms with van der Waals surface area (Å²) in [6.45, 7) is 1.69. The smallest absolute Gasteiger partial charge is 0.271 e. The number of amides is 1. The van der Waals surface area contributed by atoms with Crippen LogP contribution in [0.1, 0.15) is 22.8 Å². The first-order chi connectivity index (χ1) is 10.1. The third-order valence-corrected chi connectivity index (χ3v) is 2.95. The molecular formula is C16H16N2O3. The van der Waals surface area contributed by atoms with Crippen LogP contribution < -0.4 is 10.2 Å². The van der Waals surface area contributed by atoms with Gasteiger partial charge in [-0.2, -0.15) is 5.10 Å². The number of phenols is 1. The van der Waals surface area contributed by atoms with E-state index < -0.39 is 0 Å². The van der Waals surface area contributed by atoms with E-state index in [2.05, 4.69) is 10.5 Å². The van der Waals surface area contributed by atoms with Gasteiger partial charge in [0.15, 0.2) is 0 Å². The highest BCUT2D eigenvalue weighted by atomic mass is 16.5. The molecule has 0 aliphatic carbocycles. The van der Waals surface area contributed by atoms with Gasteiger partial charge in [-0.3, -0.25) is 4.79 Å². The van der Waals surface area contributed by atoms with Crippen molar-refractivity contribution >= 4 is 11.6 Å². The lowest BCUT2D eigenvalue weighted by Crippen LogP contribution is -2.19. The summed E-state index contributed by atoms with van der Waals surface area (Å²) in [5, 5.41) is 13.8. The summed E-state index contributed by atoms with van der Waals surface area (Å²) in [4.78, 5) is 11.9. The van der Waals surface area contributed by atoms with Crippen molar-refractivity contribution in [3.05, 3.63) is 59.7 Å². The zero-order chi connectivity index (χ0) is 15.2. The van der Waals surface area contributed by atoms with Gasteiger partial charge in [-0.1, -0.05) is 18.2 Å². The third-order valence-electron chi connectivity index (χ3n) is 2.95. The van der Waals surface area contributed by atoms with Crippen molar-refractivity contribution in [2.45, 2.75) is 6.92 Å². The average molecular weight is 284 g/mol. The first kappa shape index (κ1) is 14.6. The van der Waals surface area contributed by atoms with Crippen LogP contribution in [0.25, 0.3) is 0 Å². The maximum Gasteiger partial charge on any atom is 0.271 e. The molecule has 2 N–H and O–H groups in total. The Kier molecular flexibility index (Phi) is 4.56. The number of carbonyl (C=O) groups is 1. The van der Waals surface area contributed by atoms with Crippen LogP contribution in [0.4, 0.5) is 0 Å². The standard InChI is InChI=1S/C16H16N2O3/c1-11(14-10-13(21-2)8-9-15(14)19)17-18-16(20)12-6-4-3-5-7-12/h3-10,19H,1-2H3,(H,18,20). The molecule has 0 atom stereocenters. The van der Waals surface area contributed by atoms with Crippen LogP contribution in [-0.2, 0) is 0 Å². The number of phenolic OH excluding ortho intramolecular Hbond substituents is 1. The van der Waals surface area contributed by atoms with E-state index >= 15 is 0 Å². The Balaban J connectivity index is 2.16. The second kappa shape index (κ2) is 6.56. The molecule has 21 heavy (non-hydrogen) atoms. The fraction of sp³-hybridized carbons (Fsp3) is 0.125. The summed E-state index contributed by atoms with van der Waals surface area (Å²) in [5.74, 6) is 0.370. The molecular weight excluding hydrogens is 268 g/mol. The molecule has 2 rings (SSSR count). The largest absolute Gasteiger partial charge is 0.507 e. The fourth-order valence-corrected chi connectivity index (χ4v) is 1.78. The van der Waals surface area contributed by atoms with Crippen LogP contribution in [-0.4, -0.2) is 23.8 Å². The molecule has 0 spiro atoms. The maximum atomic E-state index is 11.9. The SMILES string of the molecule is COc1ccc(O)c(C(C)=NNC(=O)c2ccccc2)c1. The quantitative estimate of drug-likeness (QED) is 0.669. The Morgan fingerprint density at radius 2 is 1.90 bits per heavy atom. The van der Waals surface area contributed by atoms with Crippen molar-refractivity contribution in [1.29, 1.82) is 0 Å². The van der Waals surface area contributed by atoms with E-state index in [0.29, 0.717) is 22.6 Å². The number of methoxy groups -OCH3 is 1. The predicted molar refractivity (Wildman–Crippen MR) is 80.8 cm³/mol. The zero-order valence-electron chi connectivity index (χ0n) is 11.8. The van der Waals surface area contributed by atoms with E-state index in [4.69, 9.17) is 4.74 Å². The van der Waals surface area contributed by atoms with Gasteiger partial charge < -0.3 is 9.84 Å². The Hall–Kier alpha value is -2.82. The van der Waals surface area contributed by atoms with Gasteiger partial charge in [0.25, 0.3) is 5.91 Å². The molecule has 5 nitrogen and oxygen atoms in total. The number of rotatable bonds is 4. The van der Waals surface area contributed by atoms with E-state index in [0.717, 1.165) is 0 Å². The summed E-state index contributed by atoms with van der Waals surface area (Å²) in [6, 6.07) is 13.6. The number of aromatic hydroxyl groups is 1. The van der Waals surface area contributed by atoms with E-state index in [1.807, 2.05) is 6.07 Å². The molecule has 108 valence electrons. The van der Waals surface area contributed by atoms with Crippen LogP contribution in [0.5, 0.6) is 11.5 Å².